The van der Waals surface area contributed by atoms with Gasteiger partial charge in [-0.3, -0.25) is 15.0 Å². The van der Waals surface area contributed by atoms with E-state index in [1.54, 1.807) is 14.2 Å². The van der Waals surface area contributed by atoms with E-state index in [9.17, 15) is 9.59 Å². The van der Waals surface area contributed by atoms with E-state index in [1.807, 2.05) is 17.0 Å². The van der Waals surface area contributed by atoms with Crippen molar-refractivity contribution in [3.63, 3.8) is 0 Å². The predicted molar refractivity (Wildman–Crippen MR) is 81.1 cm³/mol. The van der Waals surface area contributed by atoms with Gasteiger partial charge in [0.25, 0.3) is 0 Å². The van der Waals surface area contributed by atoms with Gasteiger partial charge >= 0.3 is 6.03 Å². The number of carbonyl (C=O) groups is 2. The molecule has 3 amide bonds. The van der Waals surface area contributed by atoms with E-state index in [1.165, 1.54) is 12.6 Å². The van der Waals surface area contributed by atoms with E-state index in [0.717, 1.165) is 18.5 Å². The third kappa shape index (κ3) is 3.67. The highest BCUT2D eigenvalue weighted by Crippen LogP contribution is 2.33. The summed E-state index contributed by atoms with van der Waals surface area (Å²) in [5.74, 6) is 1.08. The van der Waals surface area contributed by atoms with Crippen LogP contribution in [0.1, 0.15) is 11.1 Å². The molecule has 0 atom stereocenters. The Kier molecular flexibility index (Phi) is 5.21. The van der Waals surface area contributed by atoms with Crippen LogP contribution in [0.25, 0.3) is 0 Å². The summed E-state index contributed by atoms with van der Waals surface area (Å²) in [5, 5.41) is 4.62. The number of carbonyl (C=O) groups excluding carboxylic acids is 2. The molecule has 1 heterocycles. The van der Waals surface area contributed by atoms with Gasteiger partial charge < -0.3 is 14.8 Å². The van der Waals surface area contributed by atoms with Gasteiger partial charge in [0, 0.05) is 20.1 Å². The molecule has 1 aliphatic rings. The van der Waals surface area contributed by atoms with Crippen molar-refractivity contribution >= 4 is 11.9 Å². The van der Waals surface area contributed by atoms with Gasteiger partial charge in [-0.15, -0.1) is 0 Å². The molecule has 1 aromatic rings. The molecule has 0 saturated carbocycles. The number of nitrogens with one attached hydrogen (secondary N) is 2. The summed E-state index contributed by atoms with van der Waals surface area (Å²) in [5.41, 5.74) is 2.30. The van der Waals surface area contributed by atoms with Crippen molar-refractivity contribution in [2.45, 2.75) is 13.0 Å². The van der Waals surface area contributed by atoms with Crippen LogP contribution in [0.15, 0.2) is 12.1 Å². The van der Waals surface area contributed by atoms with E-state index in [-0.39, 0.29) is 12.5 Å². The Morgan fingerprint density at radius 1 is 1.18 bits per heavy atom. The lowest BCUT2D eigenvalue weighted by molar-refractivity contribution is -0.121. The number of hydrogen-bond acceptors (Lipinski definition) is 5. The van der Waals surface area contributed by atoms with Crippen LogP contribution in [-0.2, 0) is 17.8 Å². The van der Waals surface area contributed by atoms with Gasteiger partial charge in [-0.1, -0.05) is 0 Å². The van der Waals surface area contributed by atoms with Crippen LogP contribution in [0.4, 0.5) is 4.79 Å². The second-order valence-electron chi connectivity index (χ2n) is 5.06. The molecular weight excluding hydrogens is 286 g/mol. The lowest BCUT2D eigenvalue weighted by Gasteiger charge is -2.28. The van der Waals surface area contributed by atoms with Crippen LogP contribution in [-0.4, -0.2) is 51.2 Å². The first-order chi connectivity index (χ1) is 10.6. The molecule has 0 spiro atoms. The topological polar surface area (TPSA) is 79.9 Å². The number of urea groups is 1. The summed E-state index contributed by atoms with van der Waals surface area (Å²) in [7, 11) is 4.68. The minimum absolute atomic E-state index is 0.182. The van der Waals surface area contributed by atoms with Gasteiger partial charge in [0.2, 0.25) is 5.91 Å². The molecule has 0 bridgehead atoms. The number of methoxy groups -OCH3 is 2. The lowest BCUT2D eigenvalue weighted by Crippen LogP contribution is -2.44. The van der Waals surface area contributed by atoms with Crippen molar-refractivity contribution in [2.75, 3.05) is 34.4 Å². The molecular formula is C15H21N3O4. The van der Waals surface area contributed by atoms with Crippen molar-refractivity contribution in [1.82, 2.24) is 15.5 Å². The maximum absolute atomic E-state index is 11.8. The van der Waals surface area contributed by atoms with Crippen LogP contribution < -0.4 is 20.1 Å². The maximum atomic E-state index is 11.8. The van der Waals surface area contributed by atoms with Crippen LogP contribution >= 0.6 is 0 Å². The minimum Gasteiger partial charge on any atom is -0.493 e. The molecule has 1 aromatic carbocycles. The van der Waals surface area contributed by atoms with Crippen molar-refractivity contribution in [2.24, 2.45) is 0 Å². The predicted octanol–water partition coefficient (Wildman–Crippen LogP) is 0.517. The summed E-state index contributed by atoms with van der Waals surface area (Å²) in [6.07, 6.45) is 0.822. The fraction of sp³-hybridized carbons (Fsp3) is 0.467. The first kappa shape index (κ1) is 16.1. The highest BCUT2D eigenvalue weighted by molar-refractivity contribution is 5.95. The van der Waals surface area contributed by atoms with Crippen molar-refractivity contribution in [3.8, 4) is 11.5 Å². The van der Waals surface area contributed by atoms with Gasteiger partial charge in [-0.25, -0.2) is 4.79 Å². The molecule has 1 aliphatic heterocycles. The van der Waals surface area contributed by atoms with Crippen LogP contribution in [0, 0.1) is 0 Å². The Hall–Kier alpha value is -2.28. The highest BCUT2D eigenvalue weighted by atomic mass is 16.5. The smallest absolute Gasteiger partial charge is 0.321 e. The molecule has 2 rings (SSSR count). The Labute approximate surface area is 129 Å². The van der Waals surface area contributed by atoms with Crippen LogP contribution in [0.2, 0.25) is 0 Å². The average Bonchev–Trinajstić information content (AvgIpc) is 2.53. The lowest BCUT2D eigenvalue weighted by atomic mass is 9.99. The summed E-state index contributed by atoms with van der Waals surface area (Å²) < 4.78 is 10.6. The molecule has 120 valence electrons. The number of ether oxygens (including phenoxy) is 2. The first-order valence-electron chi connectivity index (χ1n) is 7.05. The Bertz CT molecular complexity index is 574. The van der Waals surface area contributed by atoms with Crippen molar-refractivity contribution in [1.29, 1.82) is 0 Å². The van der Waals surface area contributed by atoms with Gasteiger partial charge in [0.05, 0.1) is 20.8 Å². The molecule has 0 saturated heterocycles. The number of fused-ring (bicyclic) bond motifs is 1. The fourth-order valence-electron chi connectivity index (χ4n) is 2.51. The highest BCUT2D eigenvalue weighted by Gasteiger charge is 2.21. The SMILES string of the molecule is CNC(=O)NC(=O)CN1CCc2cc(OC)c(OC)cc2C1. The zero-order chi connectivity index (χ0) is 16.1. The van der Waals surface area contributed by atoms with Gasteiger partial charge in [0.1, 0.15) is 0 Å². The van der Waals surface area contributed by atoms with Gasteiger partial charge in [-0.2, -0.15) is 0 Å². The minimum atomic E-state index is -0.492. The second kappa shape index (κ2) is 7.13. The summed E-state index contributed by atoms with van der Waals surface area (Å²) in [4.78, 5) is 24.9. The number of imide groups is 1. The zero-order valence-corrected chi connectivity index (χ0v) is 13.1. The standard InChI is InChI=1S/C15H21N3O4/c1-16-15(20)17-14(19)9-18-5-4-10-6-12(21-2)13(22-3)7-11(10)8-18/h6-7H,4-5,8-9H2,1-3H3,(H2,16,17,19,20). The van der Waals surface area contributed by atoms with E-state index in [0.29, 0.717) is 18.0 Å². The van der Waals surface area contributed by atoms with Crippen molar-refractivity contribution < 1.29 is 19.1 Å². The van der Waals surface area contributed by atoms with E-state index >= 15 is 0 Å². The van der Waals surface area contributed by atoms with Crippen molar-refractivity contribution in [3.05, 3.63) is 23.3 Å². The first-order valence-corrected chi connectivity index (χ1v) is 7.05. The Morgan fingerprint density at radius 3 is 2.41 bits per heavy atom. The number of rotatable bonds is 4. The molecule has 22 heavy (non-hydrogen) atoms. The molecule has 0 fully saturated rings. The monoisotopic (exact) mass is 307 g/mol. The number of amides is 3. The van der Waals surface area contributed by atoms with Crippen LogP contribution in [0.3, 0.4) is 0 Å². The quantitative estimate of drug-likeness (QED) is 0.847. The summed E-state index contributed by atoms with van der Waals surface area (Å²) >= 11 is 0. The van der Waals surface area contributed by atoms with E-state index in [2.05, 4.69) is 10.6 Å². The van der Waals surface area contributed by atoms with E-state index in [4.69, 9.17) is 9.47 Å². The Balaban J connectivity index is 2.05. The molecule has 0 unspecified atom stereocenters. The van der Waals surface area contributed by atoms with Crippen LogP contribution in [0.5, 0.6) is 11.5 Å². The van der Waals surface area contributed by atoms with Gasteiger partial charge in [0.15, 0.2) is 11.5 Å². The van der Waals surface area contributed by atoms with Gasteiger partial charge in [-0.05, 0) is 29.7 Å². The summed E-state index contributed by atoms with van der Waals surface area (Å²) in [6.45, 7) is 1.57. The third-order valence-electron chi connectivity index (χ3n) is 3.64. The molecule has 0 aliphatic carbocycles. The second-order valence-corrected chi connectivity index (χ2v) is 5.06. The molecule has 7 heteroatoms. The normalized spacial score (nSPS) is 14.0. The molecule has 7 nitrogen and oxygen atoms in total. The van der Waals surface area contributed by atoms with E-state index < -0.39 is 6.03 Å². The third-order valence-corrected chi connectivity index (χ3v) is 3.64. The Morgan fingerprint density at radius 2 is 1.82 bits per heavy atom. The summed E-state index contributed by atoms with van der Waals surface area (Å²) in [6, 6.07) is 3.43. The maximum Gasteiger partial charge on any atom is 0.321 e. The average molecular weight is 307 g/mol. The molecule has 2 N–H and O–H groups in total. The zero-order valence-electron chi connectivity index (χ0n) is 13.1. The number of benzene rings is 1. The molecule has 0 radical (unpaired) electrons. The number of nitrogens with zero attached hydrogens (tertiary/aromatic N) is 1. The largest absolute Gasteiger partial charge is 0.493 e. The fourth-order valence-corrected chi connectivity index (χ4v) is 2.51. The molecule has 0 aromatic heterocycles. The number of hydrogen-bond donors (Lipinski definition) is 2.